The van der Waals surface area contributed by atoms with Crippen LogP contribution < -0.4 is 4.72 Å². The van der Waals surface area contributed by atoms with Crippen LogP contribution in [-0.2, 0) is 10.0 Å². The van der Waals surface area contributed by atoms with Gasteiger partial charge in [0.15, 0.2) is 0 Å². The molecule has 0 bridgehead atoms. The molecule has 1 N–H and O–H groups in total. The van der Waals surface area contributed by atoms with E-state index in [2.05, 4.69) is 0 Å². The van der Waals surface area contributed by atoms with Crippen molar-refractivity contribution >= 4 is 10.0 Å². The summed E-state index contributed by atoms with van der Waals surface area (Å²) in [5.41, 5.74) is -2.44. The van der Waals surface area contributed by atoms with Crippen LogP contribution in [0.5, 0.6) is 0 Å². The van der Waals surface area contributed by atoms with Gasteiger partial charge >= 0.3 is 6.18 Å². The first kappa shape index (κ1) is 13.3. The van der Waals surface area contributed by atoms with Crippen molar-refractivity contribution in [3.63, 3.8) is 0 Å². The van der Waals surface area contributed by atoms with Crippen LogP contribution in [0.2, 0.25) is 0 Å². The SMILES string of the molecule is O=S(=O)(NC1(C(F)(F)F)CC1)c1ccccc1F. The van der Waals surface area contributed by atoms with Gasteiger partial charge in [-0.3, -0.25) is 0 Å². The third-order valence-corrected chi connectivity index (χ3v) is 4.32. The van der Waals surface area contributed by atoms with E-state index < -0.39 is 32.5 Å². The molecule has 0 amide bonds. The van der Waals surface area contributed by atoms with E-state index in [1.165, 1.54) is 12.1 Å². The van der Waals surface area contributed by atoms with Crippen LogP contribution >= 0.6 is 0 Å². The minimum Gasteiger partial charge on any atom is -0.207 e. The fourth-order valence-electron chi connectivity index (χ4n) is 1.54. The van der Waals surface area contributed by atoms with Gasteiger partial charge in [0.2, 0.25) is 10.0 Å². The average molecular weight is 283 g/mol. The summed E-state index contributed by atoms with van der Waals surface area (Å²) in [5.74, 6) is -1.08. The maximum absolute atomic E-state index is 13.3. The van der Waals surface area contributed by atoms with Gasteiger partial charge in [-0.05, 0) is 25.0 Å². The average Bonchev–Trinajstić information content (AvgIpc) is 2.97. The molecule has 8 heteroatoms. The zero-order valence-corrected chi connectivity index (χ0v) is 9.78. The highest BCUT2D eigenvalue weighted by atomic mass is 32.2. The Bertz CT molecular complexity index is 563. The topological polar surface area (TPSA) is 46.2 Å². The highest BCUT2D eigenvalue weighted by Gasteiger charge is 2.65. The number of benzene rings is 1. The molecule has 1 aromatic carbocycles. The van der Waals surface area contributed by atoms with Crippen LogP contribution in [0.4, 0.5) is 17.6 Å². The third kappa shape index (κ3) is 2.22. The van der Waals surface area contributed by atoms with Crippen LogP contribution in [0.25, 0.3) is 0 Å². The Morgan fingerprint density at radius 3 is 2.17 bits per heavy atom. The van der Waals surface area contributed by atoms with Crippen molar-refractivity contribution < 1.29 is 26.0 Å². The third-order valence-electron chi connectivity index (χ3n) is 2.75. The zero-order valence-electron chi connectivity index (χ0n) is 8.96. The van der Waals surface area contributed by atoms with Gasteiger partial charge < -0.3 is 0 Å². The lowest BCUT2D eigenvalue weighted by molar-refractivity contribution is -0.160. The van der Waals surface area contributed by atoms with E-state index in [4.69, 9.17) is 0 Å². The Labute approximate surface area is 101 Å². The van der Waals surface area contributed by atoms with Crippen molar-refractivity contribution in [3.8, 4) is 0 Å². The summed E-state index contributed by atoms with van der Waals surface area (Å²) in [6.07, 6.45) is -5.33. The molecule has 3 nitrogen and oxygen atoms in total. The molecule has 0 aliphatic heterocycles. The molecular weight excluding hydrogens is 274 g/mol. The summed E-state index contributed by atoms with van der Waals surface area (Å²) >= 11 is 0. The van der Waals surface area contributed by atoms with Crippen molar-refractivity contribution in [1.82, 2.24) is 4.72 Å². The summed E-state index contributed by atoms with van der Waals surface area (Å²) in [6, 6.07) is 4.29. The first-order chi connectivity index (χ1) is 8.18. The molecule has 1 aliphatic carbocycles. The van der Waals surface area contributed by atoms with Gasteiger partial charge in [0.25, 0.3) is 0 Å². The minimum atomic E-state index is -4.68. The highest BCUT2D eigenvalue weighted by molar-refractivity contribution is 7.89. The Hall–Kier alpha value is -1.15. The summed E-state index contributed by atoms with van der Waals surface area (Å²) < 4.78 is 76.1. The molecule has 0 atom stereocenters. The number of nitrogens with one attached hydrogen (secondary N) is 1. The molecule has 1 saturated carbocycles. The number of sulfonamides is 1. The summed E-state index contributed by atoms with van der Waals surface area (Å²) in [7, 11) is -4.51. The summed E-state index contributed by atoms with van der Waals surface area (Å²) in [6.45, 7) is 0. The Morgan fingerprint density at radius 2 is 1.72 bits per heavy atom. The monoisotopic (exact) mass is 283 g/mol. The lowest BCUT2D eigenvalue weighted by Gasteiger charge is -2.20. The number of hydrogen-bond acceptors (Lipinski definition) is 2. The molecular formula is C10H9F4NO2S. The molecule has 0 aromatic heterocycles. The first-order valence-corrected chi connectivity index (χ1v) is 6.52. The quantitative estimate of drug-likeness (QED) is 0.864. The largest absolute Gasteiger partial charge is 0.407 e. The van der Waals surface area contributed by atoms with Gasteiger partial charge in [-0.15, -0.1) is 0 Å². The van der Waals surface area contributed by atoms with Crippen LogP contribution in [0.15, 0.2) is 29.2 Å². The van der Waals surface area contributed by atoms with Gasteiger partial charge in [0.05, 0.1) is 0 Å². The Balaban J connectivity index is 2.33. The van der Waals surface area contributed by atoms with Crippen molar-refractivity contribution in [2.75, 3.05) is 0 Å². The van der Waals surface area contributed by atoms with Gasteiger partial charge in [-0.1, -0.05) is 12.1 Å². The Kier molecular flexibility index (Phi) is 2.90. The molecule has 0 unspecified atom stereocenters. The molecule has 0 saturated heterocycles. The van der Waals surface area contributed by atoms with Crippen LogP contribution in [0.3, 0.4) is 0 Å². The molecule has 0 heterocycles. The second-order valence-electron chi connectivity index (χ2n) is 4.12. The van der Waals surface area contributed by atoms with Crippen molar-refractivity contribution in [1.29, 1.82) is 0 Å². The first-order valence-electron chi connectivity index (χ1n) is 5.03. The normalized spacial score (nSPS) is 18.7. The lowest BCUT2D eigenvalue weighted by atomic mass is 10.3. The standard InChI is InChI=1S/C10H9F4NO2S/c11-7-3-1-2-4-8(7)18(16,17)15-9(5-6-9)10(12,13)14/h1-4,15H,5-6H2. The maximum atomic E-state index is 13.3. The van der Waals surface area contributed by atoms with Crippen LogP contribution in [0, 0.1) is 5.82 Å². The molecule has 2 rings (SSSR count). The van der Waals surface area contributed by atoms with E-state index in [1.54, 1.807) is 4.72 Å². The molecule has 1 fully saturated rings. The number of alkyl halides is 3. The molecule has 1 aliphatic rings. The Morgan fingerprint density at radius 1 is 1.17 bits per heavy atom. The van der Waals surface area contributed by atoms with E-state index in [-0.39, 0.29) is 12.8 Å². The van der Waals surface area contributed by atoms with Gasteiger partial charge in [-0.2, -0.15) is 17.9 Å². The number of halogens is 4. The van der Waals surface area contributed by atoms with Gasteiger partial charge in [0, 0.05) is 0 Å². The van der Waals surface area contributed by atoms with E-state index in [1.807, 2.05) is 0 Å². The molecule has 0 spiro atoms. The van der Waals surface area contributed by atoms with E-state index in [0.29, 0.717) is 0 Å². The van der Waals surface area contributed by atoms with Crippen molar-refractivity contribution in [2.45, 2.75) is 29.5 Å². The van der Waals surface area contributed by atoms with Gasteiger partial charge in [-0.25, -0.2) is 12.8 Å². The predicted octanol–water partition coefficient (Wildman–Crippen LogP) is 2.20. The van der Waals surface area contributed by atoms with E-state index in [0.717, 1.165) is 12.1 Å². The molecule has 1 aromatic rings. The molecule has 18 heavy (non-hydrogen) atoms. The van der Waals surface area contributed by atoms with Crippen molar-refractivity contribution in [2.24, 2.45) is 0 Å². The fraction of sp³-hybridized carbons (Fsp3) is 0.400. The summed E-state index contributed by atoms with van der Waals surface area (Å²) in [5, 5.41) is 0. The second-order valence-corrected chi connectivity index (χ2v) is 5.77. The molecule has 0 radical (unpaired) electrons. The smallest absolute Gasteiger partial charge is 0.207 e. The lowest BCUT2D eigenvalue weighted by Crippen LogP contribution is -2.47. The predicted molar refractivity (Wildman–Crippen MR) is 54.7 cm³/mol. The minimum absolute atomic E-state index is 0.329. The molecule has 100 valence electrons. The van der Waals surface area contributed by atoms with Crippen LogP contribution in [0.1, 0.15) is 12.8 Å². The van der Waals surface area contributed by atoms with Gasteiger partial charge in [0.1, 0.15) is 16.3 Å². The second kappa shape index (κ2) is 3.92. The van der Waals surface area contributed by atoms with Crippen LogP contribution in [-0.4, -0.2) is 20.1 Å². The van der Waals surface area contributed by atoms with E-state index >= 15 is 0 Å². The zero-order chi connectivity index (χ0) is 13.6. The van der Waals surface area contributed by atoms with Crippen molar-refractivity contribution in [3.05, 3.63) is 30.1 Å². The fourth-order valence-corrected chi connectivity index (χ4v) is 3.07. The maximum Gasteiger partial charge on any atom is 0.407 e. The van der Waals surface area contributed by atoms with E-state index in [9.17, 15) is 26.0 Å². The highest BCUT2D eigenvalue weighted by Crippen LogP contribution is 2.49. The number of rotatable bonds is 3. The number of hydrogen-bond donors (Lipinski definition) is 1. The summed E-state index contributed by atoms with van der Waals surface area (Å²) in [4.78, 5) is -0.777.